The van der Waals surface area contributed by atoms with Crippen LogP contribution in [0.2, 0.25) is 0 Å². The highest BCUT2D eigenvalue weighted by Crippen LogP contribution is 2.23. The van der Waals surface area contributed by atoms with E-state index in [1.807, 2.05) is 21.1 Å². The van der Waals surface area contributed by atoms with E-state index >= 15 is 0 Å². The Morgan fingerprint density at radius 3 is 2.55 bits per heavy atom. The second-order valence-corrected chi connectivity index (χ2v) is 7.02. The molecule has 8 nitrogen and oxygen atoms in total. The topological polar surface area (TPSA) is 105 Å². The Hall–Kier alpha value is -1.97. The summed E-state index contributed by atoms with van der Waals surface area (Å²) in [7, 11) is 2.48. The molecule has 0 aliphatic carbocycles. The molecule has 1 amide bonds. The average molecular weight is 330 g/mol. The number of hydrazone groups is 1. The highest BCUT2D eigenvalue weighted by Gasteiger charge is 2.17. The van der Waals surface area contributed by atoms with Gasteiger partial charge >= 0.3 is 0 Å². The van der Waals surface area contributed by atoms with Gasteiger partial charge in [-0.15, -0.1) is 0 Å². The molecular formula is C13H20N3O5S+. The van der Waals surface area contributed by atoms with Gasteiger partial charge in [0, 0.05) is 0 Å². The zero-order chi connectivity index (χ0) is 17.0. The molecule has 0 fully saturated rings. The first-order valence-electron chi connectivity index (χ1n) is 6.31. The number of ether oxygens (including phenoxy) is 1. The molecule has 2 N–H and O–H groups in total. The van der Waals surface area contributed by atoms with Gasteiger partial charge in [-0.25, -0.2) is 5.43 Å². The molecule has 0 aromatic heterocycles. The van der Waals surface area contributed by atoms with Gasteiger partial charge < -0.3 is 9.22 Å². The minimum absolute atomic E-state index is 0.0220. The normalized spacial score (nSPS) is 12.4. The number of amides is 1. The summed E-state index contributed by atoms with van der Waals surface area (Å²) in [6, 6.07) is 4.13. The lowest BCUT2D eigenvalue weighted by molar-refractivity contribution is -0.862. The molecule has 0 saturated heterocycles. The van der Waals surface area contributed by atoms with E-state index in [1.165, 1.54) is 25.5 Å². The van der Waals surface area contributed by atoms with Crippen LogP contribution in [-0.4, -0.2) is 64.4 Å². The maximum absolute atomic E-state index is 11.6. The molecular weight excluding hydrogens is 310 g/mol. The predicted octanol–water partition coefficient (Wildman–Crippen LogP) is 0.0982. The monoisotopic (exact) mass is 330 g/mol. The molecule has 122 valence electrons. The molecule has 0 saturated carbocycles. The van der Waals surface area contributed by atoms with Gasteiger partial charge in [0.25, 0.3) is 16.0 Å². The molecule has 0 radical (unpaired) electrons. The summed E-state index contributed by atoms with van der Waals surface area (Å²) < 4.78 is 37.0. The molecule has 1 rings (SSSR count). The minimum atomic E-state index is -4.41. The highest BCUT2D eigenvalue weighted by molar-refractivity contribution is 7.86. The molecule has 9 heteroatoms. The third-order valence-electron chi connectivity index (χ3n) is 2.49. The van der Waals surface area contributed by atoms with Gasteiger partial charge in [0.2, 0.25) is 0 Å². The lowest BCUT2D eigenvalue weighted by Gasteiger charge is -2.21. The lowest BCUT2D eigenvalue weighted by Crippen LogP contribution is -2.43. The maximum atomic E-state index is 11.6. The number of nitrogens with zero attached hydrogens (tertiary/aromatic N) is 2. The summed E-state index contributed by atoms with van der Waals surface area (Å²) in [5.74, 6) is -0.249. The smallest absolute Gasteiger partial charge is 0.298 e. The zero-order valence-electron chi connectivity index (χ0n) is 12.9. The first-order chi connectivity index (χ1) is 10.0. The maximum Gasteiger partial charge on any atom is 0.298 e. The summed E-state index contributed by atoms with van der Waals surface area (Å²) >= 11 is 0. The van der Waals surface area contributed by atoms with Crippen molar-refractivity contribution in [3.63, 3.8) is 0 Å². The van der Waals surface area contributed by atoms with Crippen molar-refractivity contribution in [2.45, 2.75) is 4.90 Å². The van der Waals surface area contributed by atoms with Gasteiger partial charge in [-0.05, 0) is 23.8 Å². The largest absolute Gasteiger partial charge is 0.495 e. The second-order valence-electron chi connectivity index (χ2n) is 5.63. The quantitative estimate of drug-likeness (QED) is 0.333. The number of hydrogen-bond donors (Lipinski definition) is 2. The van der Waals surface area contributed by atoms with Crippen molar-refractivity contribution < 1.29 is 27.0 Å². The lowest BCUT2D eigenvalue weighted by atomic mass is 10.2. The molecule has 0 bridgehead atoms. The molecule has 0 spiro atoms. The van der Waals surface area contributed by atoms with Crippen molar-refractivity contribution in [1.82, 2.24) is 5.43 Å². The fourth-order valence-electron chi connectivity index (χ4n) is 1.62. The van der Waals surface area contributed by atoms with Crippen LogP contribution in [0, 0.1) is 0 Å². The summed E-state index contributed by atoms with van der Waals surface area (Å²) in [4.78, 5) is 11.2. The van der Waals surface area contributed by atoms with Crippen LogP contribution < -0.4 is 10.2 Å². The third-order valence-corrected chi connectivity index (χ3v) is 3.36. The zero-order valence-corrected chi connectivity index (χ0v) is 13.7. The van der Waals surface area contributed by atoms with Crippen LogP contribution in [0.4, 0.5) is 0 Å². The molecule has 0 aliphatic heterocycles. The Morgan fingerprint density at radius 2 is 2.05 bits per heavy atom. The van der Waals surface area contributed by atoms with E-state index in [4.69, 9.17) is 9.29 Å². The number of quaternary nitrogens is 1. The molecule has 1 aromatic carbocycles. The van der Waals surface area contributed by atoms with Crippen LogP contribution in [0.1, 0.15) is 5.56 Å². The van der Waals surface area contributed by atoms with E-state index in [9.17, 15) is 13.2 Å². The van der Waals surface area contributed by atoms with E-state index in [0.29, 0.717) is 10.0 Å². The fourth-order valence-corrected chi connectivity index (χ4v) is 2.31. The number of carbonyl (C=O) groups is 1. The van der Waals surface area contributed by atoms with E-state index in [2.05, 4.69) is 10.5 Å². The standard InChI is InChI=1S/C13H19N3O5S/c1-16(2,3)9-13(17)15-14-8-10-5-6-11(21-4)12(7-10)22(18,19)20/h5-8H,9H2,1-4H3,(H-,15,17,18,19,20)/p+1. The molecule has 0 heterocycles. The molecule has 0 atom stereocenters. The number of methoxy groups -OCH3 is 1. The molecule has 22 heavy (non-hydrogen) atoms. The van der Waals surface area contributed by atoms with Crippen molar-refractivity contribution in [2.75, 3.05) is 34.8 Å². The van der Waals surface area contributed by atoms with E-state index < -0.39 is 10.1 Å². The summed E-state index contributed by atoms with van der Waals surface area (Å²) in [5.41, 5.74) is 2.73. The van der Waals surface area contributed by atoms with Crippen molar-refractivity contribution in [3.8, 4) is 5.75 Å². The molecule has 0 aliphatic rings. The van der Waals surface area contributed by atoms with Crippen LogP contribution in [0.5, 0.6) is 5.75 Å². The van der Waals surface area contributed by atoms with Gasteiger partial charge in [0.05, 0.1) is 34.5 Å². The Morgan fingerprint density at radius 1 is 1.41 bits per heavy atom. The van der Waals surface area contributed by atoms with Crippen molar-refractivity contribution >= 4 is 22.2 Å². The summed E-state index contributed by atoms with van der Waals surface area (Å²) in [6.45, 7) is 0.246. The Balaban J connectivity index is 2.87. The summed E-state index contributed by atoms with van der Waals surface area (Å²) in [5, 5.41) is 3.75. The number of rotatable bonds is 6. The van der Waals surface area contributed by atoms with Gasteiger partial charge in [-0.2, -0.15) is 13.5 Å². The van der Waals surface area contributed by atoms with Crippen LogP contribution in [0.3, 0.4) is 0 Å². The molecule has 0 unspecified atom stereocenters. The van der Waals surface area contributed by atoms with Crippen LogP contribution >= 0.6 is 0 Å². The van der Waals surface area contributed by atoms with Gasteiger partial charge in [0.1, 0.15) is 10.6 Å². The number of carbonyl (C=O) groups excluding carboxylic acids is 1. The first-order valence-corrected chi connectivity index (χ1v) is 7.75. The number of likely N-dealkylation sites (N-methyl/N-ethyl adjacent to an activating group) is 1. The third kappa shape index (κ3) is 5.80. The first kappa shape index (κ1) is 18.1. The van der Waals surface area contributed by atoms with Crippen LogP contribution in [0.25, 0.3) is 0 Å². The van der Waals surface area contributed by atoms with E-state index in [0.717, 1.165) is 0 Å². The van der Waals surface area contributed by atoms with Gasteiger partial charge in [-0.3, -0.25) is 9.35 Å². The predicted molar refractivity (Wildman–Crippen MR) is 81.4 cm³/mol. The van der Waals surface area contributed by atoms with Crippen LogP contribution in [-0.2, 0) is 14.9 Å². The van der Waals surface area contributed by atoms with Crippen molar-refractivity contribution in [1.29, 1.82) is 0 Å². The van der Waals surface area contributed by atoms with E-state index in [1.54, 1.807) is 6.07 Å². The number of nitrogens with one attached hydrogen (secondary N) is 1. The SMILES string of the molecule is COc1ccc(C=NNC(=O)C[N+](C)(C)C)cc1S(=O)(=O)O. The number of benzene rings is 1. The summed E-state index contributed by atoms with van der Waals surface area (Å²) in [6.07, 6.45) is 1.28. The average Bonchev–Trinajstić information content (AvgIpc) is 2.35. The molecule has 1 aromatic rings. The Kier molecular flexibility index (Phi) is 5.64. The van der Waals surface area contributed by atoms with Crippen molar-refractivity contribution in [2.24, 2.45) is 5.10 Å². The second kappa shape index (κ2) is 6.86. The van der Waals surface area contributed by atoms with Crippen LogP contribution in [0.15, 0.2) is 28.2 Å². The van der Waals surface area contributed by atoms with Gasteiger partial charge in [0.15, 0.2) is 6.54 Å². The van der Waals surface area contributed by atoms with Crippen molar-refractivity contribution in [3.05, 3.63) is 23.8 Å². The fraction of sp³-hybridized carbons (Fsp3) is 0.385. The highest BCUT2D eigenvalue weighted by atomic mass is 32.2. The number of hydrogen-bond acceptors (Lipinski definition) is 5. The van der Waals surface area contributed by atoms with Gasteiger partial charge in [-0.1, -0.05) is 0 Å². The minimum Gasteiger partial charge on any atom is -0.495 e. The van der Waals surface area contributed by atoms with E-state index in [-0.39, 0.29) is 23.1 Å². The Bertz CT molecular complexity index is 677. The Labute approximate surface area is 129 Å².